The number of furan rings is 1. The molecule has 23 heavy (non-hydrogen) atoms. The molecule has 0 fully saturated rings. The van der Waals surface area contributed by atoms with Gasteiger partial charge in [0.25, 0.3) is 5.91 Å². The summed E-state index contributed by atoms with van der Waals surface area (Å²) in [7, 11) is 0. The van der Waals surface area contributed by atoms with E-state index in [0.717, 1.165) is 0 Å². The van der Waals surface area contributed by atoms with Crippen molar-refractivity contribution in [2.75, 3.05) is 5.32 Å². The summed E-state index contributed by atoms with van der Waals surface area (Å²) >= 11 is 4.49. The van der Waals surface area contributed by atoms with Crippen LogP contribution in [0.2, 0.25) is 0 Å². The van der Waals surface area contributed by atoms with Crippen molar-refractivity contribution in [2.45, 2.75) is 0 Å². The average Bonchev–Trinajstić information content (AvgIpc) is 3.20. The molecule has 3 rings (SSSR count). The van der Waals surface area contributed by atoms with Crippen LogP contribution in [0.1, 0.15) is 20.2 Å². The van der Waals surface area contributed by atoms with Crippen LogP contribution in [0.25, 0.3) is 0 Å². The number of esters is 1. The molecule has 0 atom stereocenters. The first-order valence-electron chi connectivity index (χ1n) is 6.54. The summed E-state index contributed by atoms with van der Waals surface area (Å²) in [6.07, 6.45) is 0. The molecule has 0 unspecified atom stereocenters. The lowest BCUT2D eigenvalue weighted by molar-refractivity contribution is 0.0699. The predicted octanol–water partition coefficient (Wildman–Crippen LogP) is 4.58. The second-order valence-corrected chi connectivity index (χ2v) is 6.18. The van der Waals surface area contributed by atoms with E-state index in [0.29, 0.717) is 21.0 Å². The van der Waals surface area contributed by atoms with E-state index in [1.54, 1.807) is 36.4 Å². The Bertz CT molecular complexity index is 824. The molecule has 7 heteroatoms. The van der Waals surface area contributed by atoms with Crippen LogP contribution in [0, 0.1) is 0 Å². The van der Waals surface area contributed by atoms with Crippen LogP contribution in [0.3, 0.4) is 0 Å². The van der Waals surface area contributed by atoms with Crippen molar-refractivity contribution in [3.8, 4) is 5.75 Å². The highest BCUT2D eigenvalue weighted by Gasteiger charge is 2.13. The van der Waals surface area contributed by atoms with Crippen LogP contribution in [-0.4, -0.2) is 11.9 Å². The molecule has 0 saturated carbocycles. The maximum Gasteiger partial charge on any atom is 0.379 e. The summed E-state index contributed by atoms with van der Waals surface area (Å²) in [5.74, 6) is -0.306. The first-order chi connectivity index (χ1) is 11.1. The van der Waals surface area contributed by atoms with Gasteiger partial charge >= 0.3 is 5.97 Å². The molecule has 116 valence electrons. The molecule has 0 aliphatic carbocycles. The monoisotopic (exact) mass is 391 g/mol. The Morgan fingerprint density at radius 3 is 2.48 bits per heavy atom. The first-order valence-corrected chi connectivity index (χ1v) is 8.21. The largest absolute Gasteiger partial charge is 0.442 e. The molecule has 0 saturated heterocycles. The minimum absolute atomic E-state index is 0.104. The highest BCUT2D eigenvalue weighted by molar-refractivity contribution is 9.10. The number of halogens is 1. The third-order valence-corrected chi connectivity index (χ3v) is 4.14. The van der Waals surface area contributed by atoms with Crippen LogP contribution >= 0.6 is 27.3 Å². The Morgan fingerprint density at radius 2 is 1.87 bits per heavy atom. The van der Waals surface area contributed by atoms with Gasteiger partial charge in [-0.05, 0) is 63.8 Å². The normalized spacial score (nSPS) is 10.3. The summed E-state index contributed by atoms with van der Waals surface area (Å²) in [6, 6.07) is 13.2. The van der Waals surface area contributed by atoms with Crippen molar-refractivity contribution in [1.82, 2.24) is 0 Å². The van der Waals surface area contributed by atoms with Gasteiger partial charge in [-0.15, -0.1) is 11.3 Å². The third-order valence-electron chi connectivity index (χ3n) is 2.84. The number of anilines is 1. The summed E-state index contributed by atoms with van der Waals surface area (Å²) in [6.45, 7) is 0. The molecule has 2 heterocycles. The summed E-state index contributed by atoms with van der Waals surface area (Å²) in [5, 5.41) is 4.60. The highest BCUT2D eigenvalue weighted by Crippen LogP contribution is 2.20. The van der Waals surface area contributed by atoms with Gasteiger partial charge in [0, 0.05) is 5.69 Å². The van der Waals surface area contributed by atoms with E-state index in [4.69, 9.17) is 9.15 Å². The molecule has 1 aromatic carbocycles. The molecule has 0 aliphatic heterocycles. The minimum atomic E-state index is -0.592. The molecular formula is C16H10BrNO4S. The maximum absolute atomic E-state index is 11.9. The van der Waals surface area contributed by atoms with Gasteiger partial charge in [-0.1, -0.05) is 6.07 Å². The van der Waals surface area contributed by atoms with E-state index >= 15 is 0 Å². The molecular weight excluding hydrogens is 382 g/mol. The van der Waals surface area contributed by atoms with Crippen molar-refractivity contribution in [3.05, 3.63) is 69.2 Å². The van der Waals surface area contributed by atoms with Crippen LogP contribution in [0.15, 0.2) is 63.0 Å². The molecule has 1 amide bonds. The molecule has 5 nitrogen and oxygen atoms in total. The Balaban J connectivity index is 1.63. The molecule has 0 spiro atoms. The van der Waals surface area contributed by atoms with Gasteiger partial charge in [0.15, 0.2) is 4.67 Å². The van der Waals surface area contributed by atoms with E-state index in [2.05, 4.69) is 21.2 Å². The summed E-state index contributed by atoms with van der Waals surface area (Å²) in [5.41, 5.74) is 0.615. The van der Waals surface area contributed by atoms with Crippen molar-refractivity contribution < 1.29 is 18.7 Å². The Kier molecular flexibility index (Phi) is 4.59. The third kappa shape index (κ3) is 3.88. The van der Waals surface area contributed by atoms with Crippen LogP contribution in [0.4, 0.5) is 5.69 Å². The number of benzene rings is 1. The lowest BCUT2D eigenvalue weighted by Crippen LogP contribution is -2.10. The second kappa shape index (κ2) is 6.80. The zero-order valence-electron chi connectivity index (χ0n) is 11.6. The molecule has 0 radical (unpaired) electrons. The summed E-state index contributed by atoms with van der Waals surface area (Å²) < 4.78 is 10.8. The molecule has 3 aromatic rings. The molecule has 2 aromatic heterocycles. The van der Waals surface area contributed by atoms with Gasteiger partial charge < -0.3 is 14.5 Å². The fourth-order valence-corrected chi connectivity index (χ4v) is 2.71. The second-order valence-electron chi connectivity index (χ2n) is 4.45. The van der Waals surface area contributed by atoms with Crippen LogP contribution < -0.4 is 10.1 Å². The lowest BCUT2D eigenvalue weighted by Gasteiger charge is -2.06. The van der Waals surface area contributed by atoms with E-state index in [9.17, 15) is 9.59 Å². The van der Waals surface area contributed by atoms with Gasteiger partial charge in [-0.25, -0.2) is 4.79 Å². The topological polar surface area (TPSA) is 68.5 Å². The van der Waals surface area contributed by atoms with Crippen molar-refractivity contribution >= 4 is 44.8 Å². The Morgan fingerprint density at radius 1 is 1.09 bits per heavy atom. The quantitative estimate of drug-likeness (QED) is 0.522. The van der Waals surface area contributed by atoms with Crippen LogP contribution in [-0.2, 0) is 0 Å². The van der Waals surface area contributed by atoms with Gasteiger partial charge in [-0.3, -0.25) is 4.79 Å². The standard InChI is InChI=1S/C16H10BrNO4S/c17-14-8-7-12(22-14)16(20)21-11-5-3-10(4-6-11)18-15(19)13-2-1-9-23-13/h1-9H,(H,18,19). The number of amides is 1. The highest BCUT2D eigenvalue weighted by atomic mass is 79.9. The SMILES string of the molecule is O=C(Oc1ccc(NC(=O)c2cccs2)cc1)c1ccc(Br)o1. The van der Waals surface area contributed by atoms with E-state index in [1.165, 1.54) is 17.4 Å². The number of rotatable bonds is 4. The minimum Gasteiger partial charge on any atom is -0.442 e. The molecule has 0 aliphatic rings. The van der Waals surface area contributed by atoms with E-state index in [-0.39, 0.29) is 11.7 Å². The summed E-state index contributed by atoms with van der Waals surface area (Å²) in [4.78, 5) is 24.4. The number of hydrogen-bond acceptors (Lipinski definition) is 5. The van der Waals surface area contributed by atoms with Crippen molar-refractivity contribution in [3.63, 3.8) is 0 Å². The molecule has 0 bridgehead atoms. The number of carbonyl (C=O) groups excluding carboxylic acids is 2. The average molecular weight is 392 g/mol. The zero-order chi connectivity index (χ0) is 16.2. The van der Waals surface area contributed by atoms with Crippen molar-refractivity contribution in [2.24, 2.45) is 0 Å². The number of thiophene rings is 1. The Labute approximate surface area is 144 Å². The van der Waals surface area contributed by atoms with Gasteiger partial charge in [0.1, 0.15) is 5.75 Å². The van der Waals surface area contributed by atoms with Gasteiger partial charge in [0.2, 0.25) is 5.76 Å². The fraction of sp³-hybridized carbons (Fsp3) is 0. The van der Waals surface area contributed by atoms with E-state index in [1.807, 2.05) is 11.4 Å². The van der Waals surface area contributed by atoms with Crippen molar-refractivity contribution in [1.29, 1.82) is 0 Å². The fourth-order valence-electron chi connectivity index (χ4n) is 1.79. The van der Waals surface area contributed by atoms with Gasteiger partial charge in [-0.2, -0.15) is 0 Å². The zero-order valence-corrected chi connectivity index (χ0v) is 14.0. The maximum atomic E-state index is 11.9. The van der Waals surface area contributed by atoms with Gasteiger partial charge in [0.05, 0.1) is 4.88 Å². The van der Waals surface area contributed by atoms with Crippen LogP contribution in [0.5, 0.6) is 5.75 Å². The number of ether oxygens (including phenoxy) is 1. The predicted molar refractivity (Wildman–Crippen MR) is 90.1 cm³/mol. The lowest BCUT2D eigenvalue weighted by atomic mass is 10.3. The number of nitrogens with one attached hydrogen (secondary N) is 1. The smallest absolute Gasteiger partial charge is 0.379 e. The molecule has 1 N–H and O–H groups in total. The number of hydrogen-bond donors (Lipinski definition) is 1. The van der Waals surface area contributed by atoms with E-state index < -0.39 is 5.97 Å². The first kappa shape index (κ1) is 15.5. The Hall–Kier alpha value is -2.38. The number of carbonyl (C=O) groups is 2.